The van der Waals surface area contributed by atoms with E-state index in [1.807, 2.05) is 18.2 Å². The molecular formula is C19H19FN2O2. The fourth-order valence-electron chi connectivity index (χ4n) is 3.45. The van der Waals surface area contributed by atoms with Crippen LogP contribution in [0.2, 0.25) is 0 Å². The molecule has 4 nitrogen and oxygen atoms in total. The molecule has 24 heavy (non-hydrogen) atoms. The van der Waals surface area contributed by atoms with E-state index in [0.29, 0.717) is 43.7 Å². The maximum atomic E-state index is 14.3. The van der Waals surface area contributed by atoms with E-state index < -0.39 is 0 Å². The lowest BCUT2D eigenvalue weighted by Crippen LogP contribution is -2.41. The van der Waals surface area contributed by atoms with Gasteiger partial charge >= 0.3 is 0 Å². The second-order valence-electron chi connectivity index (χ2n) is 6.28. The van der Waals surface area contributed by atoms with Crippen LogP contribution in [0, 0.1) is 5.82 Å². The highest BCUT2D eigenvalue weighted by molar-refractivity contribution is 5.99. The van der Waals surface area contributed by atoms with Crippen LogP contribution in [0.5, 0.6) is 5.75 Å². The molecule has 2 aromatic rings. The van der Waals surface area contributed by atoms with Crippen LogP contribution in [0.15, 0.2) is 36.4 Å². The standard InChI is InChI=1S/C19H19FN2O2/c20-16-8-13-6-7-21-19(23)17(13)15-9-14(11-24-18(15)16)22-10-12-4-2-1-3-5-12/h1-5,8,14,22H,6-7,9-11H2,(H,21,23). The van der Waals surface area contributed by atoms with E-state index in [1.165, 1.54) is 11.6 Å². The molecule has 1 atom stereocenters. The molecule has 0 saturated heterocycles. The zero-order valence-corrected chi connectivity index (χ0v) is 13.3. The third-order valence-corrected chi connectivity index (χ3v) is 4.64. The summed E-state index contributed by atoms with van der Waals surface area (Å²) in [5.74, 6) is -0.247. The molecule has 0 radical (unpaired) electrons. The topological polar surface area (TPSA) is 50.4 Å². The molecule has 0 aromatic heterocycles. The van der Waals surface area contributed by atoms with Gasteiger partial charge < -0.3 is 15.4 Å². The van der Waals surface area contributed by atoms with E-state index in [1.54, 1.807) is 0 Å². The Bertz CT molecular complexity index is 777. The first-order valence-corrected chi connectivity index (χ1v) is 8.25. The average Bonchev–Trinajstić information content (AvgIpc) is 2.61. The molecule has 0 saturated carbocycles. The van der Waals surface area contributed by atoms with Crippen molar-refractivity contribution in [3.8, 4) is 5.75 Å². The Morgan fingerprint density at radius 3 is 2.96 bits per heavy atom. The van der Waals surface area contributed by atoms with Crippen molar-refractivity contribution in [3.05, 3.63) is 64.5 Å². The molecule has 0 fully saturated rings. The van der Waals surface area contributed by atoms with E-state index >= 15 is 0 Å². The van der Waals surface area contributed by atoms with Crippen LogP contribution in [0.25, 0.3) is 0 Å². The van der Waals surface area contributed by atoms with Crippen molar-refractivity contribution in [3.63, 3.8) is 0 Å². The van der Waals surface area contributed by atoms with Gasteiger partial charge in [-0.3, -0.25) is 4.79 Å². The van der Waals surface area contributed by atoms with E-state index in [0.717, 1.165) is 5.56 Å². The Kier molecular flexibility index (Phi) is 3.94. The molecule has 0 aliphatic carbocycles. The zero-order chi connectivity index (χ0) is 16.5. The van der Waals surface area contributed by atoms with Crippen LogP contribution in [-0.4, -0.2) is 25.1 Å². The van der Waals surface area contributed by atoms with Gasteiger partial charge in [0, 0.05) is 30.3 Å². The molecule has 2 N–H and O–H groups in total. The summed E-state index contributed by atoms with van der Waals surface area (Å²) in [4.78, 5) is 12.2. The van der Waals surface area contributed by atoms with Crippen LogP contribution in [0.1, 0.15) is 27.0 Å². The molecular weight excluding hydrogens is 307 g/mol. The molecule has 2 heterocycles. The summed E-state index contributed by atoms with van der Waals surface area (Å²) in [5.41, 5.74) is 3.26. The number of hydrogen-bond acceptors (Lipinski definition) is 3. The average molecular weight is 326 g/mol. The summed E-state index contributed by atoms with van der Waals surface area (Å²) in [5, 5.41) is 6.28. The number of carbonyl (C=O) groups is 1. The van der Waals surface area contributed by atoms with Crippen LogP contribution in [-0.2, 0) is 19.4 Å². The van der Waals surface area contributed by atoms with E-state index in [4.69, 9.17) is 4.74 Å². The molecule has 1 amide bonds. The number of amides is 1. The van der Waals surface area contributed by atoms with Gasteiger partial charge in [0.05, 0.1) is 0 Å². The predicted octanol–water partition coefficient (Wildman–Crippen LogP) is 2.20. The third-order valence-electron chi connectivity index (χ3n) is 4.64. The minimum atomic E-state index is -0.361. The number of rotatable bonds is 3. The molecule has 2 aliphatic heterocycles. The van der Waals surface area contributed by atoms with Crippen molar-refractivity contribution >= 4 is 5.91 Å². The minimum Gasteiger partial charge on any atom is -0.489 e. The Labute approximate surface area is 140 Å². The molecule has 2 aromatic carbocycles. The lowest BCUT2D eigenvalue weighted by molar-refractivity contribution is 0.0942. The summed E-state index contributed by atoms with van der Waals surface area (Å²) < 4.78 is 19.9. The fourth-order valence-corrected chi connectivity index (χ4v) is 3.45. The number of ether oxygens (including phenoxy) is 1. The van der Waals surface area contributed by atoms with Crippen molar-refractivity contribution in [2.75, 3.05) is 13.2 Å². The van der Waals surface area contributed by atoms with Crippen molar-refractivity contribution in [2.45, 2.75) is 25.4 Å². The van der Waals surface area contributed by atoms with Crippen molar-refractivity contribution in [1.29, 1.82) is 0 Å². The Hall–Kier alpha value is -2.40. The quantitative estimate of drug-likeness (QED) is 0.909. The highest BCUT2D eigenvalue weighted by Crippen LogP contribution is 2.34. The Balaban J connectivity index is 1.57. The maximum Gasteiger partial charge on any atom is 0.251 e. The third kappa shape index (κ3) is 2.76. The summed E-state index contributed by atoms with van der Waals surface area (Å²) in [6, 6.07) is 11.6. The van der Waals surface area contributed by atoms with Crippen LogP contribution < -0.4 is 15.4 Å². The summed E-state index contributed by atoms with van der Waals surface area (Å²) in [6.07, 6.45) is 1.25. The molecule has 124 valence electrons. The number of carbonyl (C=O) groups excluding carboxylic acids is 1. The minimum absolute atomic E-state index is 0.0540. The smallest absolute Gasteiger partial charge is 0.251 e. The Morgan fingerprint density at radius 2 is 2.12 bits per heavy atom. The monoisotopic (exact) mass is 326 g/mol. The van der Waals surface area contributed by atoms with Crippen molar-refractivity contribution in [1.82, 2.24) is 10.6 Å². The van der Waals surface area contributed by atoms with Gasteiger partial charge in [0.2, 0.25) is 0 Å². The second kappa shape index (κ2) is 6.24. The van der Waals surface area contributed by atoms with Gasteiger partial charge in [0.15, 0.2) is 11.6 Å². The lowest BCUT2D eigenvalue weighted by atomic mass is 9.89. The number of hydrogen-bond donors (Lipinski definition) is 2. The van der Waals surface area contributed by atoms with Crippen LogP contribution in [0.4, 0.5) is 4.39 Å². The first-order valence-electron chi connectivity index (χ1n) is 8.25. The van der Waals surface area contributed by atoms with Gasteiger partial charge in [0.1, 0.15) is 6.61 Å². The Morgan fingerprint density at radius 1 is 1.29 bits per heavy atom. The molecule has 4 rings (SSSR count). The number of nitrogens with one attached hydrogen (secondary N) is 2. The van der Waals surface area contributed by atoms with Crippen molar-refractivity contribution < 1.29 is 13.9 Å². The van der Waals surface area contributed by atoms with Crippen molar-refractivity contribution in [2.24, 2.45) is 0 Å². The number of fused-ring (bicyclic) bond motifs is 3. The van der Waals surface area contributed by atoms with Gasteiger partial charge in [0.25, 0.3) is 5.91 Å². The largest absolute Gasteiger partial charge is 0.489 e. The molecule has 0 spiro atoms. The summed E-state index contributed by atoms with van der Waals surface area (Å²) >= 11 is 0. The molecule has 5 heteroatoms. The normalized spacial score (nSPS) is 19.0. The van der Waals surface area contributed by atoms with Crippen LogP contribution in [0.3, 0.4) is 0 Å². The summed E-state index contributed by atoms with van der Waals surface area (Å²) in [6.45, 7) is 1.67. The van der Waals surface area contributed by atoms with E-state index in [-0.39, 0.29) is 23.5 Å². The molecule has 0 bridgehead atoms. The van der Waals surface area contributed by atoms with Gasteiger partial charge in [-0.15, -0.1) is 0 Å². The number of benzene rings is 2. The van der Waals surface area contributed by atoms with E-state index in [2.05, 4.69) is 22.8 Å². The van der Waals surface area contributed by atoms with Gasteiger partial charge in [-0.05, 0) is 30.0 Å². The SMILES string of the molecule is O=C1NCCc2cc(F)c3c(c21)CC(NCc1ccccc1)CO3. The fraction of sp³-hybridized carbons (Fsp3) is 0.316. The van der Waals surface area contributed by atoms with Gasteiger partial charge in [-0.1, -0.05) is 30.3 Å². The van der Waals surface area contributed by atoms with Gasteiger partial charge in [-0.2, -0.15) is 0 Å². The molecule has 2 aliphatic rings. The summed E-state index contributed by atoms with van der Waals surface area (Å²) in [7, 11) is 0. The zero-order valence-electron chi connectivity index (χ0n) is 13.3. The lowest BCUT2D eigenvalue weighted by Gasteiger charge is -2.30. The van der Waals surface area contributed by atoms with Gasteiger partial charge in [-0.25, -0.2) is 4.39 Å². The number of halogens is 1. The second-order valence-corrected chi connectivity index (χ2v) is 6.28. The highest BCUT2D eigenvalue weighted by atomic mass is 19.1. The molecule has 1 unspecified atom stereocenters. The predicted molar refractivity (Wildman–Crippen MR) is 88.7 cm³/mol. The first kappa shape index (κ1) is 15.1. The van der Waals surface area contributed by atoms with E-state index in [9.17, 15) is 9.18 Å². The highest BCUT2D eigenvalue weighted by Gasteiger charge is 2.31. The van der Waals surface area contributed by atoms with Crippen LogP contribution >= 0.6 is 0 Å². The first-order chi connectivity index (χ1) is 11.7. The maximum absolute atomic E-state index is 14.3.